The number of carboxylic acids is 1. The van der Waals surface area contributed by atoms with E-state index in [4.69, 9.17) is 14.3 Å². The van der Waals surface area contributed by atoms with E-state index in [1.807, 2.05) is 30.3 Å². The normalized spacial score (nSPS) is 20.0. The summed E-state index contributed by atoms with van der Waals surface area (Å²) in [5.41, 5.74) is 0.994. The summed E-state index contributed by atoms with van der Waals surface area (Å²) in [7, 11) is 1.56. The highest BCUT2D eigenvalue weighted by Crippen LogP contribution is 2.27. The van der Waals surface area contributed by atoms with Crippen molar-refractivity contribution in [2.75, 3.05) is 13.7 Å². The van der Waals surface area contributed by atoms with Gasteiger partial charge in [0.2, 0.25) is 5.89 Å². The molecule has 1 N–H and O–H groups in total. The fourth-order valence-corrected chi connectivity index (χ4v) is 3.12. The number of amides is 1. The summed E-state index contributed by atoms with van der Waals surface area (Å²) in [6, 6.07) is 8.90. The Balaban J connectivity index is 1.87. The molecule has 0 spiro atoms. The predicted octanol–water partition coefficient (Wildman–Crippen LogP) is 2.35. The highest BCUT2D eigenvalue weighted by molar-refractivity contribution is 5.94. The second kappa shape index (κ2) is 7.06. The third-order valence-corrected chi connectivity index (χ3v) is 4.40. The second-order valence-corrected chi connectivity index (χ2v) is 6.09. The van der Waals surface area contributed by atoms with E-state index >= 15 is 0 Å². The number of carboxylic acid groups (broad SMARTS) is 1. The van der Waals surface area contributed by atoms with Gasteiger partial charge in [0.15, 0.2) is 5.69 Å². The molecule has 2 heterocycles. The van der Waals surface area contributed by atoms with Crippen molar-refractivity contribution in [3.05, 3.63) is 41.8 Å². The number of carbonyl (C=O) groups is 2. The number of aliphatic carboxylic acids is 1. The molecule has 0 aliphatic carbocycles. The Bertz CT molecular complexity index is 771. The SMILES string of the molecule is COC1CC(CC(=O)O)N(C(=O)c2nc(-c3ccccc3)oc2C)C1. The van der Waals surface area contributed by atoms with E-state index in [-0.39, 0.29) is 24.1 Å². The zero-order chi connectivity index (χ0) is 18.0. The minimum absolute atomic E-state index is 0.117. The Morgan fingerprint density at radius 2 is 2.08 bits per heavy atom. The molecule has 0 saturated carbocycles. The molecule has 1 saturated heterocycles. The minimum Gasteiger partial charge on any atom is -0.481 e. The molecule has 132 valence electrons. The van der Waals surface area contributed by atoms with Gasteiger partial charge in [0, 0.05) is 25.3 Å². The van der Waals surface area contributed by atoms with Gasteiger partial charge in [-0.25, -0.2) is 4.98 Å². The van der Waals surface area contributed by atoms with Crippen molar-refractivity contribution < 1.29 is 23.8 Å². The largest absolute Gasteiger partial charge is 0.481 e. The number of aryl methyl sites for hydroxylation is 1. The molecule has 2 atom stereocenters. The number of benzene rings is 1. The fraction of sp³-hybridized carbons (Fsp3) is 0.389. The number of hydrogen-bond donors (Lipinski definition) is 1. The third-order valence-electron chi connectivity index (χ3n) is 4.40. The Kier molecular flexibility index (Phi) is 4.85. The van der Waals surface area contributed by atoms with E-state index in [0.717, 1.165) is 5.56 Å². The topological polar surface area (TPSA) is 92.9 Å². The zero-order valence-electron chi connectivity index (χ0n) is 14.1. The minimum atomic E-state index is -0.943. The van der Waals surface area contributed by atoms with Crippen LogP contribution in [0.2, 0.25) is 0 Å². The molecular formula is C18H20N2O5. The van der Waals surface area contributed by atoms with Gasteiger partial charge in [-0.1, -0.05) is 18.2 Å². The molecule has 0 bridgehead atoms. The van der Waals surface area contributed by atoms with Gasteiger partial charge in [-0.3, -0.25) is 9.59 Å². The van der Waals surface area contributed by atoms with Crippen LogP contribution in [0.5, 0.6) is 0 Å². The van der Waals surface area contributed by atoms with Crippen molar-refractivity contribution in [2.24, 2.45) is 0 Å². The maximum atomic E-state index is 12.9. The van der Waals surface area contributed by atoms with Crippen LogP contribution in [-0.2, 0) is 9.53 Å². The lowest BCUT2D eigenvalue weighted by atomic mass is 10.1. The van der Waals surface area contributed by atoms with Crippen LogP contribution in [0.15, 0.2) is 34.7 Å². The van der Waals surface area contributed by atoms with Gasteiger partial charge in [0.1, 0.15) is 5.76 Å². The number of rotatable bonds is 5. The van der Waals surface area contributed by atoms with Crippen molar-refractivity contribution in [2.45, 2.75) is 31.9 Å². The highest BCUT2D eigenvalue weighted by atomic mass is 16.5. The first-order valence-electron chi connectivity index (χ1n) is 8.08. The monoisotopic (exact) mass is 344 g/mol. The number of aromatic nitrogens is 1. The smallest absolute Gasteiger partial charge is 0.305 e. The maximum Gasteiger partial charge on any atom is 0.305 e. The van der Waals surface area contributed by atoms with E-state index in [9.17, 15) is 9.59 Å². The molecule has 1 amide bonds. The van der Waals surface area contributed by atoms with Crippen LogP contribution in [0.4, 0.5) is 0 Å². The Morgan fingerprint density at radius 3 is 2.72 bits per heavy atom. The molecule has 2 unspecified atom stereocenters. The summed E-state index contributed by atoms with van der Waals surface area (Å²) in [5.74, 6) is -0.479. The number of methoxy groups -OCH3 is 1. The quantitative estimate of drug-likeness (QED) is 0.895. The lowest BCUT2D eigenvalue weighted by molar-refractivity contribution is -0.138. The van der Waals surface area contributed by atoms with Crippen LogP contribution in [0.3, 0.4) is 0 Å². The molecule has 1 aromatic heterocycles. The van der Waals surface area contributed by atoms with Gasteiger partial charge >= 0.3 is 5.97 Å². The molecule has 1 aromatic carbocycles. The number of carbonyl (C=O) groups excluding carboxylic acids is 1. The molecular weight excluding hydrogens is 324 g/mol. The van der Waals surface area contributed by atoms with Crippen LogP contribution in [0.1, 0.15) is 29.1 Å². The van der Waals surface area contributed by atoms with E-state index in [1.165, 1.54) is 4.90 Å². The molecule has 1 fully saturated rings. The average Bonchev–Trinajstić information content (AvgIpc) is 3.18. The summed E-state index contributed by atoms with van der Waals surface area (Å²) in [5, 5.41) is 9.10. The molecule has 3 rings (SSSR count). The van der Waals surface area contributed by atoms with Crippen LogP contribution in [0.25, 0.3) is 11.5 Å². The van der Waals surface area contributed by atoms with Gasteiger partial charge in [0.05, 0.1) is 12.5 Å². The summed E-state index contributed by atoms with van der Waals surface area (Å²) >= 11 is 0. The summed E-state index contributed by atoms with van der Waals surface area (Å²) < 4.78 is 11.0. The van der Waals surface area contributed by atoms with E-state index in [2.05, 4.69) is 4.98 Å². The van der Waals surface area contributed by atoms with Crippen molar-refractivity contribution in [1.29, 1.82) is 0 Å². The van der Waals surface area contributed by atoms with E-state index in [1.54, 1.807) is 14.0 Å². The molecule has 2 aromatic rings. The molecule has 1 aliphatic rings. The highest BCUT2D eigenvalue weighted by Gasteiger charge is 2.38. The summed E-state index contributed by atoms with van der Waals surface area (Å²) in [4.78, 5) is 29.9. The molecule has 25 heavy (non-hydrogen) atoms. The Morgan fingerprint density at radius 1 is 1.36 bits per heavy atom. The predicted molar refractivity (Wildman–Crippen MR) is 89.2 cm³/mol. The van der Waals surface area contributed by atoms with Crippen molar-refractivity contribution in [3.63, 3.8) is 0 Å². The fourth-order valence-electron chi connectivity index (χ4n) is 3.12. The van der Waals surface area contributed by atoms with Crippen LogP contribution < -0.4 is 0 Å². The van der Waals surface area contributed by atoms with Gasteiger partial charge in [-0.2, -0.15) is 0 Å². The van der Waals surface area contributed by atoms with Gasteiger partial charge in [-0.15, -0.1) is 0 Å². The van der Waals surface area contributed by atoms with Crippen LogP contribution >= 0.6 is 0 Å². The summed E-state index contributed by atoms with van der Waals surface area (Å²) in [6.07, 6.45) is 0.208. The molecule has 7 nitrogen and oxygen atoms in total. The number of hydrogen-bond acceptors (Lipinski definition) is 5. The van der Waals surface area contributed by atoms with E-state index in [0.29, 0.717) is 24.6 Å². The van der Waals surface area contributed by atoms with Crippen LogP contribution in [0, 0.1) is 6.92 Å². The first-order chi connectivity index (χ1) is 12.0. The Labute approximate surface area is 145 Å². The number of oxazole rings is 1. The molecule has 1 aliphatic heterocycles. The van der Waals surface area contributed by atoms with Gasteiger partial charge in [0.25, 0.3) is 5.91 Å². The Hall–Kier alpha value is -2.67. The maximum absolute atomic E-state index is 12.9. The number of nitrogens with zero attached hydrogens (tertiary/aromatic N) is 2. The van der Waals surface area contributed by atoms with Crippen molar-refractivity contribution >= 4 is 11.9 Å². The van der Waals surface area contributed by atoms with Gasteiger partial charge < -0.3 is 19.2 Å². The first kappa shape index (κ1) is 17.2. The van der Waals surface area contributed by atoms with Gasteiger partial charge in [-0.05, 0) is 25.5 Å². The lowest BCUT2D eigenvalue weighted by Gasteiger charge is -2.22. The van der Waals surface area contributed by atoms with Crippen molar-refractivity contribution in [3.8, 4) is 11.5 Å². The second-order valence-electron chi connectivity index (χ2n) is 6.09. The van der Waals surface area contributed by atoms with Crippen molar-refractivity contribution in [1.82, 2.24) is 9.88 Å². The van der Waals surface area contributed by atoms with E-state index < -0.39 is 12.0 Å². The molecule has 7 heteroatoms. The molecule has 0 radical (unpaired) electrons. The third kappa shape index (κ3) is 3.56. The van der Waals surface area contributed by atoms with Crippen LogP contribution in [-0.4, -0.2) is 52.7 Å². The number of likely N-dealkylation sites (tertiary alicyclic amines) is 1. The lowest BCUT2D eigenvalue weighted by Crippen LogP contribution is -2.37. The summed E-state index contributed by atoms with van der Waals surface area (Å²) in [6.45, 7) is 2.03. The standard InChI is InChI=1S/C18H20N2O5/c1-11-16(19-17(25-11)12-6-4-3-5-7-12)18(23)20-10-14(24-2)8-13(20)9-15(21)22/h3-7,13-14H,8-10H2,1-2H3,(H,21,22). The average molecular weight is 344 g/mol. The zero-order valence-corrected chi connectivity index (χ0v) is 14.1. The first-order valence-corrected chi connectivity index (χ1v) is 8.08. The number of ether oxygens (including phenoxy) is 1.